The number of rotatable bonds is 7. The second-order valence-electron chi connectivity index (χ2n) is 3.76. The lowest BCUT2D eigenvalue weighted by atomic mass is 10.0. The molecule has 0 radical (unpaired) electrons. The van der Waals surface area contributed by atoms with E-state index >= 15 is 0 Å². The molecular formula is C10H20B2O6. The van der Waals surface area contributed by atoms with Crippen LogP contribution in [0.2, 0.25) is 13.6 Å². The summed E-state index contributed by atoms with van der Waals surface area (Å²) in [5.41, 5.74) is 0. The molecule has 0 aromatic heterocycles. The molecule has 1 heterocycles. The number of hydrogen-bond donors (Lipinski definition) is 0. The maximum absolute atomic E-state index is 11.2. The van der Waals surface area contributed by atoms with E-state index in [2.05, 4.69) is 0 Å². The lowest BCUT2D eigenvalue weighted by Crippen LogP contribution is -2.41. The normalized spacial score (nSPS) is 32.7. The molecule has 1 rings (SSSR count). The number of esters is 1. The Hall–Kier alpha value is -0.560. The predicted molar refractivity (Wildman–Crippen MR) is 68.1 cm³/mol. The van der Waals surface area contributed by atoms with E-state index in [1.807, 2.05) is 0 Å². The fourth-order valence-electron chi connectivity index (χ4n) is 1.84. The lowest BCUT2D eigenvalue weighted by Gasteiger charge is -2.23. The van der Waals surface area contributed by atoms with Gasteiger partial charge in [0.1, 0.15) is 12.2 Å². The van der Waals surface area contributed by atoms with Crippen LogP contribution >= 0.6 is 0 Å². The van der Waals surface area contributed by atoms with Gasteiger partial charge in [0.05, 0.1) is 6.61 Å². The van der Waals surface area contributed by atoms with Crippen LogP contribution in [-0.4, -0.2) is 61.9 Å². The Labute approximate surface area is 112 Å². The van der Waals surface area contributed by atoms with Crippen molar-refractivity contribution in [3.63, 3.8) is 0 Å². The van der Waals surface area contributed by atoms with Gasteiger partial charge >= 0.3 is 5.97 Å². The standard InChI is InChI=1S/C10H20B2O6/c1-6(13)16-9-8(18-12-3)7(5-15-11-2)17-10(9)14-4/h7-12H,5H2,1-4H3/t7-,8-,9-,10+/m1/s1/i11D,12D. The van der Waals surface area contributed by atoms with Crippen molar-refractivity contribution in [2.45, 2.75) is 45.2 Å². The molecule has 0 spiro atoms. The number of carbonyl (C=O) groups excluding carboxylic acids is 1. The summed E-state index contributed by atoms with van der Waals surface area (Å²) in [5, 5.41) is 0. The molecule has 0 saturated carbocycles. The highest BCUT2D eigenvalue weighted by Gasteiger charge is 2.47. The van der Waals surface area contributed by atoms with Crippen molar-refractivity contribution < 1.29 is 28.3 Å². The summed E-state index contributed by atoms with van der Waals surface area (Å²) >= 11 is 0. The van der Waals surface area contributed by atoms with Gasteiger partial charge in [0.15, 0.2) is 12.4 Å². The van der Waals surface area contributed by atoms with Crippen LogP contribution in [-0.2, 0) is 28.3 Å². The molecule has 0 N–H and O–H groups in total. The Balaban J connectivity index is 2.79. The van der Waals surface area contributed by atoms with E-state index in [0.717, 1.165) is 0 Å². The van der Waals surface area contributed by atoms with Crippen LogP contribution < -0.4 is 0 Å². The van der Waals surface area contributed by atoms with E-state index < -0.39 is 45.5 Å². The minimum Gasteiger partial charge on any atom is -0.454 e. The summed E-state index contributed by atoms with van der Waals surface area (Å²) in [6.45, 7) is 4.51. The van der Waals surface area contributed by atoms with Gasteiger partial charge in [0, 0.05) is 16.7 Å². The predicted octanol–water partition coefficient (Wildman–Crippen LogP) is -0.510. The maximum atomic E-state index is 11.2. The van der Waals surface area contributed by atoms with Gasteiger partial charge in [0.25, 0.3) is 14.9 Å². The topological polar surface area (TPSA) is 63.2 Å². The second kappa shape index (κ2) is 7.78. The summed E-state index contributed by atoms with van der Waals surface area (Å²) in [5.74, 6) is -0.484. The number of ether oxygens (including phenoxy) is 3. The second-order valence-corrected chi connectivity index (χ2v) is 3.76. The van der Waals surface area contributed by atoms with E-state index in [1.54, 1.807) is 13.6 Å². The average molecular weight is 260 g/mol. The summed E-state index contributed by atoms with van der Waals surface area (Å²) in [6.07, 6.45) is -2.78. The van der Waals surface area contributed by atoms with Gasteiger partial charge in [-0.05, 0) is 0 Å². The fourth-order valence-corrected chi connectivity index (χ4v) is 1.84. The first-order valence-corrected chi connectivity index (χ1v) is 5.82. The SMILES string of the molecule is [2H]B(C)OC[C@H]1O[C@H](OC)[C@H](OC(C)=O)[C@@H]1OB([2H])C. The van der Waals surface area contributed by atoms with Crippen molar-refractivity contribution in [2.24, 2.45) is 0 Å². The van der Waals surface area contributed by atoms with Gasteiger partial charge in [-0.25, -0.2) is 0 Å². The van der Waals surface area contributed by atoms with Crippen LogP contribution in [0.1, 0.15) is 6.92 Å². The van der Waals surface area contributed by atoms with E-state index in [0.29, 0.717) is 0 Å². The summed E-state index contributed by atoms with van der Waals surface area (Å²) < 4.78 is 41.3. The first kappa shape index (κ1) is 12.5. The Morgan fingerprint density at radius 1 is 1.39 bits per heavy atom. The highest BCUT2D eigenvalue weighted by Crippen LogP contribution is 2.27. The highest BCUT2D eigenvalue weighted by molar-refractivity contribution is 6.25. The molecule has 1 fully saturated rings. The van der Waals surface area contributed by atoms with E-state index in [4.69, 9.17) is 26.2 Å². The van der Waals surface area contributed by atoms with Gasteiger partial charge in [-0.2, -0.15) is 0 Å². The molecule has 1 aliphatic rings. The van der Waals surface area contributed by atoms with E-state index in [1.165, 1.54) is 14.0 Å². The van der Waals surface area contributed by atoms with Crippen molar-refractivity contribution >= 4 is 20.9 Å². The minimum absolute atomic E-state index is 0.0969. The molecule has 1 aliphatic heterocycles. The van der Waals surface area contributed by atoms with Crippen LogP contribution in [0.4, 0.5) is 0 Å². The third-order valence-electron chi connectivity index (χ3n) is 2.52. The number of hydrogen-bond acceptors (Lipinski definition) is 6. The van der Waals surface area contributed by atoms with Crippen LogP contribution in [0.25, 0.3) is 0 Å². The molecule has 0 bridgehead atoms. The van der Waals surface area contributed by atoms with E-state index in [9.17, 15) is 4.79 Å². The van der Waals surface area contributed by atoms with Gasteiger partial charge < -0.3 is 23.5 Å². The summed E-state index contributed by atoms with van der Waals surface area (Å²) in [4.78, 5) is 11.2. The smallest absolute Gasteiger partial charge is 0.303 e. The zero-order valence-electron chi connectivity index (χ0n) is 13.1. The van der Waals surface area contributed by atoms with Crippen LogP contribution in [0.15, 0.2) is 0 Å². The molecule has 0 aliphatic carbocycles. The first-order chi connectivity index (χ1) is 9.35. The van der Waals surface area contributed by atoms with Crippen molar-refractivity contribution in [3.05, 3.63) is 0 Å². The molecule has 4 atom stereocenters. The molecule has 6 nitrogen and oxygen atoms in total. The molecule has 0 aromatic carbocycles. The van der Waals surface area contributed by atoms with Gasteiger partial charge in [-0.15, -0.1) is 0 Å². The first-order valence-electron chi connectivity index (χ1n) is 6.97. The Kier molecular flexibility index (Phi) is 5.39. The fraction of sp³-hybridized carbons (Fsp3) is 0.900. The van der Waals surface area contributed by atoms with Gasteiger partial charge in [-0.3, -0.25) is 4.79 Å². The summed E-state index contributed by atoms with van der Waals surface area (Å²) in [7, 11) is -0.0896. The molecule has 0 unspecified atom stereocenters. The minimum atomic E-state index is -0.812. The zero-order valence-corrected chi connectivity index (χ0v) is 11.1. The monoisotopic (exact) mass is 260 g/mol. The van der Waals surface area contributed by atoms with Crippen LogP contribution in [0.5, 0.6) is 0 Å². The number of methoxy groups -OCH3 is 1. The van der Waals surface area contributed by atoms with Crippen LogP contribution in [0.3, 0.4) is 0 Å². The molecule has 18 heavy (non-hydrogen) atoms. The average Bonchev–Trinajstić information content (AvgIpc) is 2.63. The van der Waals surface area contributed by atoms with Crippen molar-refractivity contribution in [3.8, 4) is 0 Å². The summed E-state index contributed by atoms with van der Waals surface area (Å²) in [6, 6.07) is 0. The van der Waals surface area contributed by atoms with Crippen molar-refractivity contribution in [1.29, 1.82) is 2.67 Å². The molecule has 0 amide bonds. The largest absolute Gasteiger partial charge is 0.454 e. The molecular weight excluding hydrogens is 238 g/mol. The Bertz CT molecular complexity index is 320. The zero-order chi connectivity index (χ0) is 15.3. The van der Waals surface area contributed by atoms with Crippen LogP contribution in [0, 0.1) is 0 Å². The van der Waals surface area contributed by atoms with E-state index in [-0.39, 0.29) is 6.61 Å². The Morgan fingerprint density at radius 2 is 2.11 bits per heavy atom. The lowest BCUT2D eigenvalue weighted by molar-refractivity contribution is -0.178. The molecule has 8 heteroatoms. The molecule has 1 saturated heterocycles. The molecule has 102 valence electrons. The number of carbonyl (C=O) groups is 1. The van der Waals surface area contributed by atoms with Gasteiger partial charge in [-0.1, -0.05) is 13.6 Å². The Morgan fingerprint density at radius 3 is 2.61 bits per heavy atom. The highest BCUT2D eigenvalue weighted by atomic mass is 16.7. The third-order valence-corrected chi connectivity index (χ3v) is 2.52. The maximum Gasteiger partial charge on any atom is 0.303 e. The quantitative estimate of drug-likeness (QED) is 0.453. The van der Waals surface area contributed by atoms with Gasteiger partial charge in [0.2, 0.25) is 0 Å². The van der Waals surface area contributed by atoms with Crippen molar-refractivity contribution in [2.75, 3.05) is 13.7 Å². The molecule has 0 aromatic rings. The van der Waals surface area contributed by atoms with Crippen molar-refractivity contribution in [1.82, 2.24) is 0 Å². The third kappa shape index (κ3) is 3.98.